The molecular formula is C21H18BrF3N4O. The minimum absolute atomic E-state index is 0.300. The summed E-state index contributed by atoms with van der Waals surface area (Å²) in [7, 11) is 0. The third kappa shape index (κ3) is 5.41. The Balaban J connectivity index is 1.68. The molecular weight excluding hydrogens is 461 g/mol. The lowest BCUT2D eigenvalue weighted by molar-refractivity contribution is -0.274. The Labute approximate surface area is 179 Å². The third-order valence-corrected chi connectivity index (χ3v) is 5.04. The van der Waals surface area contributed by atoms with Gasteiger partial charge < -0.3 is 15.4 Å². The molecule has 0 radical (unpaired) electrons. The number of anilines is 3. The van der Waals surface area contributed by atoms with Crippen molar-refractivity contribution in [3.05, 3.63) is 58.6 Å². The molecule has 5 nitrogen and oxygen atoms in total. The molecule has 0 spiro atoms. The Morgan fingerprint density at radius 2 is 1.87 bits per heavy atom. The van der Waals surface area contributed by atoms with Crippen LogP contribution in [0.4, 0.5) is 30.6 Å². The quantitative estimate of drug-likeness (QED) is 0.427. The van der Waals surface area contributed by atoms with Crippen molar-refractivity contribution in [2.75, 3.05) is 10.6 Å². The number of aryl methyl sites for hydroxylation is 1. The van der Waals surface area contributed by atoms with Gasteiger partial charge in [-0.05, 0) is 65.5 Å². The first-order valence-corrected chi connectivity index (χ1v) is 10.1. The van der Waals surface area contributed by atoms with Gasteiger partial charge in [0.2, 0.25) is 5.95 Å². The Kier molecular flexibility index (Phi) is 5.55. The average Bonchev–Trinajstić information content (AvgIpc) is 3.47. The first kappa shape index (κ1) is 20.5. The Morgan fingerprint density at radius 1 is 1.07 bits per heavy atom. The van der Waals surface area contributed by atoms with Crippen molar-refractivity contribution in [1.29, 1.82) is 0 Å². The van der Waals surface area contributed by atoms with E-state index in [0.29, 0.717) is 29.1 Å². The second-order valence-electron chi connectivity index (χ2n) is 7.06. The summed E-state index contributed by atoms with van der Waals surface area (Å²) in [5, 5.41) is 6.49. The monoisotopic (exact) mass is 478 g/mol. The molecule has 2 aromatic carbocycles. The number of benzene rings is 2. The van der Waals surface area contributed by atoms with Gasteiger partial charge in [0.05, 0.1) is 11.4 Å². The van der Waals surface area contributed by atoms with Crippen LogP contribution >= 0.6 is 15.9 Å². The van der Waals surface area contributed by atoms with E-state index in [2.05, 4.69) is 41.3 Å². The maximum Gasteiger partial charge on any atom is 0.573 e. The van der Waals surface area contributed by atoms with Crippen molar-refractivity contribution < 1.29 is 17.9 Å². The minimum atomic E-state index is -4.76. The van der Waals surface area contributed by atoms with Gasteiger partial charge in [-0.15, -0.1) is 13.2 Å². The van der Waals surface area contributed by atoms with E-state index in [9.17, 15) is 13.2 Å². The summed E-state index contributed by atoms with van der Waals surface area (Å²) in [6, 6.07) is 13.6. The van der Waals surface area contributed by atoms with Crippen LogP contribution in [0.3, 0.4) is 0 Å². The van der Waals surface area contributed by atoms with Crippen LogP contribution in [0.25, 0.3) is 11.3 Å². The lowest BCUT2D eigenvalue weighted by Crippen LogP contribution is -2.17. The molecule has 0 atom stereocenters. The van der Waals surface area contributed by atoms with Gasteiger partial charge in [0.15, 0.2) is 0 Å². The summed E-state index contributed by atoms with van der Waals surface area (Å²) >= 11 is 3.53. The van der Waals surface area contributed by atoms with Crippen molar-refractivity contribution >= 4 is 33.4 Å². The second kappa shape index (κ2) is 8.14. The maximum absolute atomic E-state index is 12.6. The van der Waals surface area contributed by atoms with Crippen molar-refractivity contribution in [2.45, 2.75) is 32.2 Å². The summed E-state index contributed by atoms with van der Waals surface area (Å²) in [6.07, 6.45) is -2.68. The van der Waals surface area contributed by atoms with Gasteiger partial charge in [-0.1, -0.05) is 18.2 Å². The number of rotatable bonds is 6. The molecule has 1 fully saturated rings. The molecule has 1 aliphatic carbocycles. The van der Waals surface area contributed by atoms with E-state index < -0.39 is 6.36 Å². The van der Waals surface area contributed by atoms with Gasteiger partial charge in [0.25, 0.3) is 0 Å². The number of aromatic nitrogens is 2. The molecule has 0 saturated heterocycles. The molecule has 1 saturated carbocycles. The highest BCUT2D eigenvalue weighted by molar-refractivity contribution is 9.10. The largest absolute Gasteiger partial charge is 0.573 e. The number of alkyl halides is 3. The van der Waals surface area contributed by atoms with Crippen LogP contribution in [0, 0.1) is 6.92 Å². The third-order valence-electron chi connectivity index (χ3n) is 4.39. The summed E-state index contributed by atoms with van der Waals surface area (Å²) in [4.78, 5) is 9.00. The summed E-state index contributed by atoms with van der Waals surface area (Å²) in [5.41, 5.74) is 2.89. The molecule has 0 bridgehead atoms. The first-order chi connectivity index (χ1) is 14.2. The number of hydrogen-bond acceptors (Lipinski definition) is 5. The van der Waals surface area contributed by atoms with E-state index in [-0.39, 0.29) is 5.75 Å². The number of nitrogens with one attached hydrogen (secondary N) is 2. The maximum atomic E-state index is 12.6. The molecule has 1 aliphatic rings. The highest BCUT2D eigenvalue weighted by atomic mass is 79.9. The zero-order chi connectivity index (χ0) is 21.3. The fourth-order valence-corrected chi connectivity index (χ4v) is 3.44. The topological polar surface area (TPSA) is 59.1 Å². The minimum Gasteiger partial charge on any atom is -0.406 e. The fourth-order valence-electron chi connectivity index (χ4n) is 2.85. The van der Waals surface area contributed by atoms with Gasteiger partial charge in [0, 0.05) is 22.1 Å². The summed E-state index contributed by atoms with van der Waals surface area (Å²) in [6.45, 7) is 1.99. The van der Waals surface area contributed by atoms with Crippen LogP contribution in [0.5, 0.6) is 5.75 Å². The number of ether oxygens (including phenoxy) is 1. The van der Waals surface area contributed by atoms with Crippen LogP contribution in [-0.2, 0) is 0 Å². The molecule has 2 N–H and O–H groups in total. The van der Waals surface area contributed by atoms with Crippen LogP contribution in [0.15, 0.2) is 53.0 Å². The van der Waals surface area contributed by atoms with E-state index >= 15 is 0 Å². The van der Waals surface area contributed by atoms with Gasteiger partial charge in [-0.3, -0.25) is 0 Å². The summed E-state index contributed by atoms with van der Waals surface area (Å²) in [5.74, 6) is 0.642. The second-order valence-corrected chi connectivity index (χ2v) is 7.92. The van der Waals surface area contributed by atoms with E-state index in [1.54, 1.807) is 12.1 Å². The number of nitrogens with zero attached hydrogens (tertiary/aromatic N) is 2. The van der Waals surface area contributed by atoms with Crippen LogP contribution in [0.1, 0.15) is 18.4 Å². The Hall–Kier alpha value is -2.81. The zero-order valence-corrected chi connectivity index (χ0v) is 17.5. The first-order valence-electron chi connectivity index (χ1n) is 9.30. The fraction of sp³-hybridized carbons (Fsp3) is 0.238. The molecule has 3 aromatic rings. The zero-order valence-electron chi connectivity index (χ0n) is 15.9. The average molecular weight is 479 g/mol. The molecule has 0 aliphatic heterocycles. The molecule has 30 heavy (non-hydrogen) atoms. The molecule has 0 unspecified atom stereocenters. The summed E-state index contributed by atoms with van der Waals surface area (Å²) < 4.78 is 42.7. The van der Waals surface area contributed by atoms with E-state index in [1.807, 2.05) is 25.1 Å². The highest BCUT2D eigenvalue weighted by Gasteiger charge is 2.31. The van der Waals surface area contributed by atoms with Gasteiger partial charge in [0.1, 0.15) is 11.6 Å². The van der Waals surface area contributed by atoms with Crippen molar-refractivity contribution in [1.82, 2.24) is 9.97 Å². The highest BCUT2D eigenvalue weighted by Crippen LogP contribution is 2.32. The van der Waals surface area contributed by atoms with Gasteiger partial charge in [-0.25, -0.2) is 4.98 Å². The van der Waals surface area contributed by atoms with Crippen LogP contribution < -0.4 is 15.4 Å². The van der Waals surface area contributed by atoms with E-state index in [1.165, 1.54) is 18.2 Å². The molecule has 0 amide bonds. The lowest BCUT2D eigenvalue weighted by Gasteiger charge is -2.13. The number of hydrogen-bond donors (Lipinski definition) is 2. The van der Waals surface area contributed by atoms with Crippen LogP contribution in [-0.4, -0.2) is 22.4 Å². The predicted octanol–water partition coefficient (Wildman–Crippen LogP) is 6.43. The van der Waals surface area contributed by atoms with Crippen molar-refractivity contribution in [3.63, 3.8) is 0 Å². The smallest absolute Gasteiger partial charge is 0.406 e. The van der Waals surface area contributed by atoms with Gasteiger partial charge in [-0.2, -0.15) is 4.98 Å². The van der Waals surface area contributed by atoms with Crippen molar-refractivity contribution in [2.24, 2.45) is 0 Å². The molecule has 156 valence electrons. The SMILES string of the molecule is Cc1ccc(Nc2cc(-c3cccc(OC(F)(F)F)c3)nc(NC3CC3)n2)c(Br)c1. The van der Waals surface area contributed by atoms with Gasteiger partial charge >= 0.3 is 6.36 Å². The molecule has 1 aromatic heterocycles. The molecule has 1 heterocycles. The molecule has 4 rings (SSSR count). The Bertz CT molecular complexity index is 1070. The normalized spacial score (nSPS) is 13.8. The van der Waals surface area contributed by atoms with E-state index in [4.69, 9.17) is 0 Å². The predicted molar refractivity (Wildman–Crippen MR) is 113 cm³/mol. The van der Waals surface area contributed by atoms with E-state index in [0.717, 1.165) is 28.6 Å². The molecule has 9 heteroatoms. The standard InChI is InChI=1S/C21H18BrF3N4O/c1-12-5-8-17(16(22)9-12)27-19-11-18(28-20(29-19)26-14-6-7-14)13-3-2-4-15(10-13)30-21(23,24)25/h2-5,8-11,14H,6-7H2,1H3,(H2,26,27,28,29). The number of halogens is 4. The van der Waals surface area contributed by atoms with Crippen LogP contribution in [0.2, 0.25) is 0 Å². The Morgan fingerprint density at radius 3 is 2.57 bits per heavy atom. The lowest BCUT2D eigenvalue weighted by atomic mass is 10.1. The van der Waals surface area contributed by atoms with Crippen molar-refractivity contribution in [3.8, 4) is 17.0 Å².